The van der Waals surface area contributed by atoms with E-state index in [0.717, 1.165) is 31.8 Å². The van der Waals surface area contributed by atoms with Crippen LogP contribution in [0.25, 0.3) is 0 Å². The van der Waals surface area contributed by atoms with Gasteiger partial charge in [0.2, 0.25) is 0 Å². The van der Waals surface area contributed by atoms with Gasteiger partial charge < -0.3 is 10.1 Å². The molecule has 0 amide bonds. The van der Waals surface area contributed by atoms with Crippen LogP contribution in [0.15, 0.2) is 6.33 Å². The van der Waals surface area contributed by atoms with Crippen LogP contribution in [-0.2, 0) is 17.7 Å². The van der Waals surface area contributed by atoms with Crippen LogP contribution in [0, 0.1) is 5.92 Å². The third kappa shape index (κ3) is 4.91. The highest BCUT2D eigenvalue weighted by atomic mass is 16.5. The first kappa shape index (κ1) is 16.1. The van der Waals surface area contributed by atoms with Crippen molar-refractivity contribution in [2.75, 3.05) is 13.7 Å². The molecule has 1 aromatic heterocycles. The highest BCUT2D eigenvalue weighted by Crippen LogP contribution is 2.10. The SMILES string of the molecule is CCNC(Cc1ncnn1CC(C)C)C(CC)OC. The number of hydrogen-bond acceptors (Lipinski definition) is 4. The zero-order valence-electron chi connectivity index (χ0n) is 12.9. The third-order valence-corrected chi connectivity index (χ3v) is 3.26. The van der Waals surface area contributed by atoms with Gasteiger partial charge in [0, 0.05) is 26.1 Å². The van der Waals surface area contributed by atoms with Gasteiger partial charge in [-0.2, -0.15) is 5.10 Å². The summed E-state index contributed by atoms with van der Waals surface area (Å²) in [6.45, 7) is 10.5. The summed E-state index contributed by atoms with van der Waals surface area (Å²) in [5.41, 5.74) is 0. The van der Waals surface area contributed by atoms with Gasteiger partial charge in [0.15, 0.2) is 0 Å². The summed E-state index contributed by atoms with van der Waals surface area (Å²) in [6.07, 6.45) is 3.71. The number of nitrogens with one attached hydrogen (secondary N) is 1. The zero-order valence-corrected chi connectivity index (χ0v) is 12.9. The van der Waals surface area contributed by atoms with Crippen LogP contribution < -0.4 is 5.32 Å². The Hall–Kier alpha value is -0.940. The number of aromatic nitrogens is 3. The van der Waals surface area contributed by atoms with E-state index < -0.39 is 0 Å². The van der Waals surface area contributed by atoms with Crippen molar-refractivity contribution in [1.82, 2.24) is 20.1 Å². The van der Waals surface area contributed by atoms with Crippen LogP contribution in [0.1, 0.15) is 39.9 Å². The van der Waals surface area contributed by atoms with Crippen LogP contribution >= 0.6 is 0 Å². The van der Waals surface area contributed by atoms with Crippen LogP contribution in [0.2, 0.25) is 0 Å². The maximum atomic E-state index is 5.56. The number of likely N-dealkylation sites (N-methyl/N-ethyl adjacent to an activating group) is 1. The molecule has 110 valence electrons. The molecule has 19 heavy (non-hydrogen) atoms. The summed E-state index contributed by atoms with van der Waals surface area (Å²) in [7, 11) is 1.78. The van der Waals surface area contributed by atoms with E-state index in [-0.39, 0.29) is 12.1 Å². The van der Waals surface area contributed by atoms with E-state index >= 15 is 0 Å². The molecule has 1 aromatic rings. The predicted molar refractivity (Wildman–Crippen MR) is 77.1 cm³/mol. The van der Waals surface area contributed by atoms with Crippen LogP contribution in [-0.4, -0.2) is 40.6 Å². The van der Waals surface area contributed by atoms with Gasteiger partial charge in [-0.1, -0.05) is 27.7 Å². The Kier molecular flexibility index (Phi) is 7.02. The highest BCUT2D eigenvalue weighted by molar-refractivity contribution is 4.93. The number of methoxy groups -OCH3 is 1. The molecule has 5 heteroatoms. The monoisotopic (exact) mass is 268 g/mol. The van der Waals surface area contributed by atoms with Gasteiger partial charge in [0.25, 0.3) is 0 Å². The van der Waals surface area contributed by atoms with Crippen molar-refractivity contribution in [2.24, 2.45) is 5.92 Å². The molecule has 0 radical (unpaired) electrons. The van der Waals surface area contributed by atoms with Gasteiger partial charge >= 0.3 is 0 Å². The van der Waals surface area contributed by atoms with E-state index in [0.29, 0.717) is 5.92 Å². The van der Waals surface area contributed by atoms with Gasteiger partial charge in [-0.15, -0.1) is 0 Å². The molecule has 0 fully saturated rings. The highest BCUT2D eigenvalue weighted by Gasteiger charge is 2.21. The molecular formula is C14H28N4O. The molecule has 0 aliphatic rings. The minimum absolute atomic E-state index is 0.212. The van der Waals surface area contributed by atoms with Gasteiger partial charge in [-0.05, 0) is 18.9 Å². The standard InChI is InChI=1S/C14H28N4O/c1-6-13(19-5)12(15-7-2)8-14-16-10-17-18(14)9-11(3)4/h10-13,15H,6-9H2,1-5H3. The van der Waals surface area contributed by atoms with E-state index in [1.54, 1.807) is 13.4 Å². The van der Waals surface area contributed by atoms with Crippen LogP contribution in [0.5, 0.6) is 0 Å². The maximum Gasteiger partial charge on any atom is 0.138 e. The first-order chi connectivity index (χ1) is 9.12. The second-order valence-electron chi connectivity index (χ2n) is 5.30. The minimum atomic E-state index is 0.212. The van der Waals surface area contributed by atoms with Crippen molar-refractivity contribution in [1.29, 1.82) is 0 Å². The smallest absolute Gasteiger partial charge is 0.138 e. The molecule has 0 aromatic carbocycles. The van der Waals surface area contributed by atoms with Crippen molar-refractivity contribution < 1.29 is 4.74 Å². The number of nitrogens with zero attached hydrogens (tertiary/aromatic N) is 3. The Morgan fingerprint density at radius 3 is 2.63 bits per heavy atom. The first-order valence-corrected chi connectivity index (χ1v) is 7.25. The Bertz CT molecular complexity index is 347. The molecule has 0 bridgehead atoms. The van der Waals surface area contributed by atoms with Gasteiger partial charge in [0.1, 0.15) is 12.2 Å². The average Bonchev–Trinajstić information content (AvgIpc) is 2.77. The summed E-state index contributed by atoms with van der Waals surface area (Å²) >= 11 is 0. The van der Waals surface area contributed by atoms with Gasteiger partial charge in [0.05, 0.1) is 6.10 Å². The average molecular weight is 268 g/mol. The van der Waals surface area contributed by atoms with Crippen molar-refractivity contribution in [2.45, 2.75) is 59.2 Å². The Labute approximate surface area is 116 Å². The topological polar surface area (TPSA) is 52.0 Å². The molecule has 0 aliphatic carbocycles. The normalized spacial score (nSPS) is 14.8. The predicted octanol–water partition coefficient (Wildman–Crippen LogP) is 1.88. The number of rotatable bonds is 9. The fourth-order valence-electron chi connectivity index (χ4n) is 2.35. The molecule has 0 saturated carbocycles. The molecule has 2 atom stereocenters. The van der Waals surface area contributed by atoms with E-state index in [2.05, 4.69) is 43.1 Å². The third-order valence-electron chi connectivity index (χ3n) is 3.26. The van der Waals surface area contributed by atoms with E-state index in [1.807, 2.05) is 4.68 Å². The van der Waals surface area contributed by atoms with Crippen LogP contribution in [0.3, 0.4) is 0 Å². The van der Waals surface area contributed by atoms with Crippen molar-refractivity contribution >= 4 is 0 Å². The summed E-state index contributed by atoms with van der Waals surface area (Å²) < 4.78 is 7.58. The summed E-state index contributed by atoms with van der Waals surface area (Å²) in [4.78, 5) is 4.40. The molecule has 5 nitrogen and oxygen atoms in total. The van der Waals surface area contributed by atoms with Gasteiger partial charge in [-0.25, -0.2) is 9.67 Å². The van der Waals surface area contributed by atoms with E-state index in [4.69, 9.17) is 4.74 Å². The fraction of sp³-hybridized carbons (Fsp3) is 0.857. The molecule has 1 N–H and O–H groups in total. The number of ether oxygens (including phenoxy) is 1. The van der Waals surface area contributed by atoms with Crippen molar-refractivity contribution in [3.8, 4) is 0 Å². The fourth-order valence-corrected chi connectivity index (χ4v) is 2.35. The lowest BCUT2D eigenvalue weighted by Gasteiger charge is -2.25. The minimum Gasteiger partial charge on any atom is -0.380 e. The molecular weight excluding hydrogens is 240 g/mol. The van der Waals surface area contributed by atoms with Crippen molar-refractivity contribution in [3.05, 3.63) is 12.2 Å². The molecule has 1 heterocycles. The molecule has 0 spiro atoms. The zero-order chi connectivity index (χ0) is 14.3. The Morgan fingerprint density at radius 2 is 2.11 bits per heavy atom. The second kappa shape index (κ2) is 8.27. The molecule has 0 aliphatic heterocycles. The molecule has 1 rings (SSSR count). The lowest BCUT2D eigenvalue weighted by Crippen LogP contribution is -2.43. The van der Waals surface area contributed by atoms with E-state index in [1.165, 1.54) is 0 Å². The second-order valence-corrected chi connectivity index (χ2v) is 5.30. The van der Waals surface area contributed by atoms with Crippen LogP contribution in [0.4, 0.5) is 0 Å². The lowest BCUT2D eigenvalue weighted by atomic mass is 10.0. The summed E-state index contributed by atoms with van der Waals surface area (Å²) in [6, 6.07) is 0.287. The summed E-state index contributed by atoms with van der Waals surface area (Å²) in [5, 5.41) is 7.81. The Balaban J connectivity index is 2.75. The van der Waals surface area contributed by atoms with E-state index in [9.17, 15) is 0 Å². The summed E-state index contributed by atoms with van der Waals surface area (Å²) in [5.74, 6) is 1.61. The Morgan fingerprint density at radius 1 is 1.37 bits per heavy atom. The molecule has 2 unspecified atom stereocenters. The first-order valence-electron chi connectivity index (χ1n) is 7.25. The maximum absolute atomic E-state index is 5.56. The lowest BCUT2D eigenvalue weighted by molar-refractivity contribution is 0.0648. The van der Waals surface area contributed by atoms with Gasteiger partial charge in [-0.3, -0.25) is 0 Å². The van der Waals surface area contributed by atoms with Crippen molar-refractivity contribution in [3.63, 3.8) is 0 Å². The molecule has 0 saturated heterocycles. The largest absolute Gasteiger partial charge is 0.380 e. The number of hydrogen-bond donors (Lipinski definition) is 1. The quantitative estimate of drug-likeness (QED) is 0.743.